The Bertz CT molecular complexity index is 572. The number of nitro benzene ring substituents is 1. The Morgan fingerprint density at radius 3 is 2.48 bits per heavy atom. The van der Waals surface area contributed by atoms with E-state index in [-0.39, 0.29) is 11.4 Å². The van der Waals surface area contributed by atoms with Crippen molar-refractivity contribution >= 4 is 23.3 Å². The Labute approximate surface area is 121 Å². The number of carbonyl (C=O) groups is 2. The van der Waals surface area contributed by atoms with Crippen LogP contribution < -0.4 is 10.4 Å². The van der Waals surface area contributed by atoms with E-state index < -0.39 is 28.6 Å². The first-order chi connectivity index (χ1) is 9.99. The van der Waals surface area contributed by atoms with Gasteiger partial charge in [0.05, 0.1) is 4.92 Å². The molecule has 0 aromatic heterocycles. The van der Waals surface area contributed by atoms with Crippen LogP contribution in [0.5, 0.6) is 0 Å². The highest BCUT2D eigenvalue weighted by atomic mass is 16.6. The molecule has 0 unspecified atom stereocenters. The fraction of sp³-hybridized carbons (Fsp3) is 0.429. The van der Waals surface area contributed by atoms with Gasteiger partial charge in [-0.1, -0.05) is 18.9 Å². The number of hydrogen-bond acceptors (Lipinski definition) is 5. The Morgan fingerprint density at radius 2 is 1.86 bits per heavy atom. The number of amides is 1. The lowest BCUT2D eigenvalue weighted by Crippen LogP contribution is -2.42. The second-order valence-corrected chi connectivity index (χ2v) is 5.11. The van der Waals surface area contributed by atoms with E-state index in [2.05, 4.69) is 5.32 Å². The van der Waals surface area contributed by atoms with Crippen LogP contribution in [-0.4, -0.2) is 16.8 Å². The molecule has 1 fully saturated rings. The second-order valence-electron chi connectivity index (χ2n) is 5.11. The maximum absolute atomic E-state index is 12.2. The van der Waals surface area contributed by atoms with Gasteiger partial charge in [0.15, 0.2) is 0 Å². The van der Waals surface area contributed by atoms with E-state index in [1.54, 1.807) is 0 Å². The molecule has 0 bridgehead atoms. The number of anilines is 1. The van der Waals surface area contributed by atoms with Crippen LogP contribution in [0.1, 0.15) is 25.7 Å². The zero-order chi connectivity index (χ0) is 15.4. The summed E-state index contributed by atoms with van der Waals surface area (Å²) in [7, 11) is 0. The summed E-state index contributed by atoms with van der Waals surface area (Å²) in [5.41, 5.74) is 0.157. The summed E-state index contributed by atoms with van der Waals surface area (Å²) in [4.78, 5) is 33.4. The maximum Gasteiger partial charge on any atom is 0.271 e. The smallest absolute Gasteiger partial charge is 0.271 e. The number of rotatable bonds is 4. The average Bonchev–Trinajstić information content (AvgIpc) is 2.47. The lowest BCUT2D eigenvalue weighted by molar-refractivity contribution is -0.384. The van der Waals surface area contributed by atoms with E-state index in [9.17, 15) is 24.8 Å². The molecule has 1 aliphatic carbocycles. The Hall–Kier alpha value is -2.44. The van der Waals surface area contributed by atoms with Crippen LogP contribution in [0.25, 0.3) is 0 Å². The average molecular weight is 291 g/mol. The Balaban J connectivity index is 2.11. The van der Waals surface area contributed by atoms with Gasteiger partial charge in [0.2, 0.25) is 5.91 Å². The molecule has 2 atom stereocenters. The third-order valence-corrected chi connectivity index (χ3v) is 3.73. The molecule has 0 heterocycles. The van der Waals surface area contributed by atoms with Crippen molar-refractivity contribution in [3.63, 3.8) is 0 Å². The Morgan fingerprint density at radius 1 is 1.19 bits per heavy atom. The number of carboxylic acids is 1. The summed E-state index contributed by atoms with van der Waals surface area (Å²) >= 11 is 0. The summed E-state index contributed by atoms with van der Waals surface area (Å²) in [6, 6.07) is 5.56. The molecule has 0 radical (unpaired) electrons. The van der Waals surface area contributed by atoms with Crippen LogP contribution in [0.2, 0.25) is 0 Å². The number of non-ortho nitro benzene ring substituents is 1. The van der Waals surface area contributed by atoms with Gasteiger partial charge in [-0.05, 0) is 18.9 Å². The van der Waals surface area contributed by atoms with Gasteiger partial charge in [0.1, 0.15) is 0 Å². The summed E-state index contributed by atoms with van der Waals surface area (Å²) in [6.07, 6.45) is 2.46. The van der Waals surface area contributed by atoms with Gasteiger partial charge in [-0.2, -0.15) is 0 Å². The van der Waals surface area contributed by atoms with Gasteiger partial charge in [0, 0.05) is 35.6 Å². The zero-order valence-corrected chi connectivity index (χ0v) is 11.3. The van der Waals surface area contributed by atoms with Crippen molar-refractivity contribution in [1.29, 1.82) is 0 Å². The van der Waals surface area contributed by atoms with Crippen LogP contribution in [0.15, 0.2) is 24.3 Å². The van der Waals surface area contributed by atoms with E-state index >= 15 is 0 Å². The number of nitrogens with one attached hydrogen (secondary N) is 1. The van der Waals surface area contributed by atoms with E-state index in [0.717, 1.165) is 12.8 Å². The van der Waals surface area contributed by atoms with Crippen molar-refractivity contribution < 1.29 is 19.6 Å². The molecule has 1 aromatic rings. The fourth-order valence-electron chi connectivity index (χ4n) is 2.66. The number of hydrogen-bond donors (Lipinski definition) is 1. The normalized spacial score (nSPS) is 21.5. The maximum atomic E-state index is 12.2. The first kappa shape index (κ1) is 15.0. The summed E-state index contributed by atoms with van der Waals surface area (Å²) in [5, 5.41) is 24.3. The van der Waals surface area contributed by atoms with Crippen molar-refractivity contribution in [3.05, 3.63) is 34.4 Å². The van der Waals surface area contributed by atoms with Gasteiger partial charge < -0.3 is 15.2 Å². The molecule has 7 nitrogen and oxygen atoms in total. The molecule has 1 N–H and O–H groups in total. The minimum Gasteiger partial charge on any atom is -0.550 e. The molecule has 0 aliphatic heterocycles. The molecule has 112 valence electrons. The first-order valence-corrected chi connectivity index (χ1v) is 6.75. The van der Waals surface area contributed by atoms with Crippen molar-refractivity contribution in [1.82, 2.24) is 0 Å². The monoisotopic (exact) mass is 291 g/mol. The summed E-state index contributed by atoms with van der Waals surface area (Å²) in [5.74, 6) is -3.08. The molecular weight excluding hydrogens is 276 g/mol. The predicted octanol–water partition coefficient (Wildman–Crippen LogP) is 1.09. The number of nitrogens with zero attached hydrogens (tertiary/aromatic N) is 1. The largest absolute Gasteiger partial charge is 0.550 e. The van der Waals surface area contributed by atoms with Crippen LogP contribution in [0.4, 0.5) is 11.4 Å². The molecule has 0 saturated heterocycles. The van der Waals surface area contributed by atoms with Gasteiger partial charge in [0.25, 0.3) is 5.69 Å². The summed E-state index contributed by atoms with van der Waals surface area (Å²) in [6.45, 7) is 0. The minimum atomic E-state index is -1.21. The standard InChI is InChI=1S/C14H16N2O5/c17-13(11-6-1-2-7-12(11)14(18)19)15-9-4-3-5-10(8-9)16(20)21/h3-5,8,11-12H,1-2,6-7H2,(H,15,17)(H,18,19)/p-1/t11-,12+/m1/s1. The minimum absolute atomic E-state index is 0.132. The number of aliphatic carboxylic acids is 1. The van der Waals surface area contributed by atoms with Gasteiger partial charge in [-0.15, -0.1) is 0 Å². The molecule has 1 aromatic carbocycles. The molecule has 2 rings (SSSR count). The van der Waals surface area contributed by atoms with E-state index in [4.69, 9.17) is 0 Å². The highest BCUT2D eigenvalue weighted by molar-refractivity contribution is 5.95. The predicted molar refractivity (Wildman–Crippen MR) is 72.2 cm³/mol. The SMILES string of the molecule is O=C([O-])[C@H]1CCCC[C@H]1C(=O)Nc1cccc([N+](=O)[O-])c1. The number of carbonyl (C=O) groups excluding carboxylic acids is 2. The number of nitro groups is 1. The van der Waals surface area contributed by atoms with Crippen LogP contribution in [0.3, 0.4) is 0 Å². The van der Waals surface area contributed by atoms with Crippen LogP contribution >= 0.6 is 0 Å². The molecule has 0 spiro atoms. The molecule has 21 heavy (non-hydrogen) atoms. The van der Waals surface area contributed by atoms with Crippen molar-refractivity contribution in [3.8, 4) is 0 Å². The quantitative estimate of drug-likeness (QED) is 0.659. The third-order valence-electron chi connectivity index (χ3n) is 3.73. The summed E-state index contributed by atoms with van der Waals surface area (Å²) < 4.78 is 0. The van der Waals surface area contributed by atoms with Gasteiger partial charge >= 0.3 is 0 Å². The van der Waals surface area contributed by atoms with Crippen molar-refractivity contribution in [2.75, 3.05) is 5.32 Å². The lowest BCUT2D eigenvalue weighted by atomic mass is 9.78. The molecular formula is C14H15N2O5-. The molecule has 1 amide bonds. The molecule has 1 saturated carbocycles. The van der Waals surface area contributed by atoms with E-state index in [1.807, 2.05) is 0 Å². The highest BCUT2D eigenvalue weighted by Crippen LogP contribution is 2.31. The highest BCUT2D eigenvalue weighted by Gasteiger charge is 2.31. The second kappa shape index (κ2) is 6.34. The fourth-order valence-corrected chi connectivity index (χ4v) is 2.66. The molecule has 7 heteroatoms. The number of benzene rings is 1. The molecule has 1 aliphatic rings. The Kier molecular flexibility index (Phi) is 4.52. The number of carboxylic acid groups (broad SMARTS) is 1. The van der Waals surface area contributed by atoms with Crippen molar-refractivity contribution in [2.24, 2.45) is 11.8 Å². The van der Waals surface area contributed by atoms with Crippen LogP contribution in [0, 0.1) is 22.0 Å². The third kappa shape index (κ3) is 3.56. The van der Waals surface area contributed by atoms with E-state index in [1.165, 1.54) is 24.3 Å². The zero-order valence-electron chi connectivity index (χ0n) is 11.3. The van der Waals surface area contributed by atoms with Gasteiger partial charge in [-0.3, -0.25) is 14.9 Å². The van der Waals surface area contributed by atoms with Crippen LogP contribution in [-0.2, 0) is 9.59 Å². The van der Waals surface area contributed by atoms with Crippen molar-refractivity contribution in [2.45, 2.75) is 25.7 Å². The topological polar surface area (TPSA) is 112 Å². The van der Waals surface area contributed by atoms with Gasteiger partial charge in [-0.25, -0.2) is 0 Å². The lowest BCUT2D eigenvalue weighted by Gasteiger charge is -2.31. The first-order valence-electron chi connectivity index (χ1n) is 6.75. The van der Waals surface area contributed by atoms with E-state index in [0.29, 0.717) is 12.8 Å².